The minimum absolute atomic E-state index is 0. The molecule has 0 aliphatic carbocycles. The molecule has 3 aromatic rings. The number of para-hydroxylation sites is 1. The average molecular weight is 399 g/mol. The molecule has 0 spiro atoms. The van der Waals surface area contributed by atoms with Crippen LogP contribution in [0.2, 0.25) is 0 Å². The molecule has 0 saturated carbocycles. The number of nitrogens with zero attached hydrogens (tertiary/aromatic N) is 2. The van der Waals surface area contributed by atoms with E-state index < -0.39 is 0 Å². The van der Waals surface area contributed by atoms with Crippen molar-refractivity contribution in [2.75, 3.05) is 13.1 Å². The van der Waals surface area contributed by atoms with Crippen LogP contribution in [0, 0.1) is 13.8 Å². The second kappa shape index (κ2) is 10.1. The number of nitrogens with one attached hydrogen (secondary N) is 1. The van der Waals surface area contributed by atoms with Gasteiger partial charge in [0.25, 0.3) is 5.91 Å². The van der Waals surface area contributed by atoms with E-state index in [1.54, 1.807) is 10.9 Å². The Hall–Kier alpha value is -2.63. The van der Waals surface area contributed by atoms with Gasteiger partial charge in [0.05, 0.1) is 11.3 Å². The minimum atomic E-state index is -0.109. The number of carbonyl (C=O) groups is 1. The molecule has 3 rings (SSSR count). The van der Waals surface area contributed by atoms with E-state index in [1.807, 2.05) is 36.4 Å². The van der Waals surface area contributed by atoms with Gasteiger partial charge in [-0.3, -0.25) is 4.79 Å². The van der Waals surface area contributed by atoms with Crippen LogP contribution < -0.4 is 11.1 Å². The summed E-state index contributed by atoms with van der Waals surface area (Å²) >= 11 is 0. The van der Waals surface area contributed by atoms with Crippen molar-refractivity contribution < 1.29 is 4.79 Å². The van der Waals surface area contributed by atoms with Crippen LogP contribution in [0.25, 0.3) is 16.9 Å². The van der Waals surface area contributed by atoms with Gasteiger partial charge in [-0.2, -0.15) is 5.10 Å². The molecule has 0 bridgehead atoms. The van der Waals surface area contributed by atoms with Crippen LogP contribution in [0.5, 0.6) is 0 Å². The van der Waals surface area contributed by atoms with Gasteiger partial charge in [-0.05, 0) is 62.6 Å². The fourth-order valence-corrected chi connectivity index (χ4v) is 2.92. The zero-order chi connectivity index (χ0) is 19.2. The Kier molecular flexibility index (Phi) is 7.79. The number of hydrogen-bond donors (Lipinski definition) is 2. The molecule has 0 radical (unpaired) electrons. The molecule has 28 heavy (non-hydrogen) atoms. The first-order chi connectivity index (χ1) is 13.1. The molecule has 0 atom stereocenters. The van der Waals surface area contributed by atoms with Crippen LogP contribution in [-0.4, -0.2) is 28.8 Å². The molecule has 0 saturated heterocycles. The van der Waals surface area contributed by atoms with E-state index in [4.69, 9.17) is 10.8 Å². The van der Waals surface area contributed by atoms with Crippen molar-refractivity contribution in [1.29, 1.82) is 0 Å². The molecular formula is C22H27ClN4O. The topological polar surface area (TPSA) is 72.9 Å². The van der Waals surface area contributed by atoms with E-state index in [0.29, 0.717) is 24.3 Å². The summed E-state index contributed by atoms with van der Waals surface area (Å²) in [6.07, 6.45) is 3.57. The Bertz CT molecular complexity index is 922. The summed E-state index contributed by atoms with van der Waals surface area (Å²) in [4.78, 5) is 12.8. The van der Waals surface area contributed by atoms with Gasteiger partial charge in [0.1, 0.15) is 5.69 Å². The lowest BCUT2D eigenvalue weighted by Gasteiger charge is -2.07. The number of aryl methyl sites for hydroxylation is 2. The van der Waals surface area contributed by atoms with Crippen molar-refractivity contribution in [2.45, 2.75) is 26.7 Å². The number of halogens is 1. The second-order valence-electron chi connectivity index (χ2n) is 6.72. The van der Waals surface area contributed by atoms with Crippen molar-refractivity contribution >= 4 is 18.3 Å². The van der Waals surface area contributed by atoms with E-state index in [1.165, 1.54) is 11.1 Å². The van der Waals surface area contributed by atoms with E-state index in [0.717, 1.165) is 24.1 Å². The van der Waals surface area contributed by atoms with E-state index >= 15 is 0 Å². The van der Waals surface area contributed by atoms with Crippen molar-refractivity contribution in [1.82, 2.24) is 15.1 Å². The van der Waals surface area contributed by atoms with Crippen LogP contribution in [0.3, 0.4) is 0 Å². The molecule has 2 aromatic carbocycles. The highest BCUT2D eigenvalue weighted by atomic mass is 35.5. The molecule has 1 aromatic heterocycles. The van der Waals surface area contributed by atoms with Crippen LogP contribution in [0.1, 0.15) is 34.3 Å². The van der Waals surface area contributed by atoms with E-state index in [2.05, 4.69) is 31.3 Å². The monoisotopic (exact) mass is 398 g/mol. The van der Waals surface area contributed by atoms with Gasteiger partial charge >= 0.3 is 0 Å². The molecule has 0 fully saturated rings. The summed E-state index contributed by atoms with van der Waals surface area (Å²) in [6, 6.07) is 16.0. The predicted molar refractivity (Wildman–Crippen MR) is 116 cm³/mol. The standard InChI is InChI=1S/C22H26N4O.ClH/c1-16-10-11-18(14-17(16)2)21-20(22(27)24-13-7-6-12-23)15-26(25-21)19-8-4-3-5-9-19;/h3-5,8-11,14-15H,6-7,12-13,23H2,1-2H3,(H,24,27);1H. The minimum Gasteiger partial charge on any atom is -0.352 e. The first kappa shape index (κ1) is 21.7. The summed E-state index contributed by atoms with van der Waals surface area (Å²) < 4.78 is 1.76. The normalized spacial score (nSPS) is 10.4. The highest BCUT2D eigenvalue weighted by Gasteiger charge is 2.18. The Morgan fingerprint density at radius 2 is 1.82 bits per heavy atom. The summed E-state index contributed by atoms with van der Waals surface area (Å²) in [5, 5.41) is 7.71. The Balaban J connectivity index is 0.00000280. The number of amides is 1. The average Bonchev–Trinajstić information content (AvgIpc) is 3.13. The van der Waals surface area contributed by atoms with E-state index in [9.17, 15) is 4.79 Å². The number of hydrogen-bond acceptors (Lipinski definition) is 3. The van der Waals surface area contributed by atoms with Crippen LogP contribution in [-0.2, 0) is 0 Å². The van der Waals surface area contributed by atoms with Gasteiger partial charge in [-0.15, -0.1) is 12.4 Å². The number of rotatable bonds is 7. The molecule has 0 aliphatic rings. The second-order valence-corrected chi connectivity index (χ2v) is 6.72. The van der Waals surface area contributed by atoms with Crippen LogP contribution in [0.15, 0.2) is 54.7 Å². The molecule has 0 unspecified atom stereocenters. The fourth-order valence-electron chi connectivity index (χ4n) is 2.92. The van der Waals surface area contributed by atoms with Crippen LogP contribution in [0.4, 0.5) is 0 Å². The SMILES string of the molecule is Cc1ccc(-c2nn(-c3ccccc3)cc2C(=O)NCCCCN)cc1C.Cl. The van der Waals surface area contributed by atoms with Crippen molar-refractivity contribution in [2.24, 2.45) is 5.73 Å². The molecular weight excluding hydrogens is 372 g/mol. The lowest BCUT2D eigenvalue weighted by atomic mass is 10.0. The van der Waals surface area contributed by atoms with Gasteiger partial charge in [-0.1, -0.05) is 30.3 Å². The maximum absolute atomic E-state index is 12.8. The Morgan fingerprint density at radius 1 is 1.07 bits per heavy atom. The molecule has 0 aliphatic heterocycles. The fraction of sp³-hybridized carbons (Fsp3) is 0.273. The maximum atomic E-state index is 12.8. The molecule has 5 nitrogen and oxygen atoms in total. The first-order valence-electron chi connectivity index (χ1n) is 9.31. The quantitative estimate of drug-likeness (QED) is 0.590. The Morgan fingerprint density at radius 3 is 2.50 bits per heavy atom. The van der Waals surface area contributed by atoms with Gasteiger partial charge in [-0.25, -0.2) is 4.68 Å². The molecule has 3 N–H and O–H groups in total. The summed E-state index contributed by atoms with van der Waals surface area (Å²) in [6.45, 7) is 5.39. The number of unbranched alkanes of at least 4 members (excludes halogenated alkanes) is 1. The lowest BCUT2D eigenvalue weighted by molar-refractivity contribution is 0.0953. The Labute approximate surface area is 172 Å². The largest absolute Gasteiger partial charge is 0.352 e. The molecule has 148 valence electrons. The highest BCUT2D eigenvalue weighted by molar-refractivity contribution is 6.00. The zero-order valence-electron chi connectivity index (χ0n) is 16.3. The third kappa shape index (κ3) is 5.00. The molecule has 1 amide bonds. The van der Waals surface area contributed by atoms with Crippen LogP contribution >= 0.6 is 12.4 Å². The third-order valence-electron chi connectivity index (χ3n) is 4.68. The van der Waals surface area contributed by atoms with Gasteiger partial charge in [0.2, 0.25) is 0 Å². The molecule has 1 heterocycles. The van der Waals surface area contributed by atoms with Gasteiger partial charge in [0, 0.05) is 18.3 Å². The maximum Gasteiger partial charge on any atom is 0.255 e. The van der Waals surface area contributed by atoms with E-state index in [-0.39, 0.29) is 18.3 Å². The number of carbonyl (C=O) groups excluding carboxylic acids is 1. The number of aromatic nitrogens is 2. The first-order valence-corrected chi connectivity index (χ1v) is 9.31. The van der Waals surface area contributed by atoms with Gasteiger partial charge in [0.15, 0.2) is 0 Å². The van der Waals surface area contributed by atoms with Crippen molar-refractivity contribution in [3.63, 3.8) is 0 Å². The number of benzene rings is 2. The summed E-state index contributed by atoms with van der Waals surface area (Å²) in [5.41, 5.74) is 11.1. The van der Waals surface area contributed by atoms with Crippen molar-refractivity contribution in [3.8, 4) is 16.9 Å². The number of nitrogens with two attached hydrogens (primary N) is 1. The zero-order valence-corrected chi connectivity index (χ0v) is 17.1. The van der Waals surface area contributed by atoms with Crippen molar-refractivity contribution in [3.05, 3.63) is 71.4 Å². The summed E-state index contributed by atoms with van der Waals surface area (Å²) in [5.74, 6) is -0.109. The third-order valence-corrected chi connectivity index (χ3v) is 4.68. The smallest absolute Gasteiger partial charge is 0.255 e. The summed E-state index contributed by atoms with van der Waals surface area (Å²) in [7, 11) is 0. The lowest BCUT2D eigenvalue weighted by Crippen LogP contribution is -2.25. The van der Waals surface area contributed by atoms with Gasteiger partial charge < -0.3 is 11.1 Å². The molecule has 6 heteroatoms. The predicted octanol–water partition coefficient (Wildman–Crippen LogP) is 4.05. The highest BCUT2D eigenvalue weighted by Crippen LogP contribution is 2.25.